The topological polar surface area (TPSA) is 112 Å². The van der Waals surface area contributed by atoms with E-state index in [1.165, 1.54) is 42.5 Å². The molecule has 0 saturated carbocycles. The number of sulfonamides is 1. The van der Waals surface area contributed by atoms with Gasteiger partial charge in [0.1, 0.15) is 29.2 Å². The maximum Gasteiger partial charge on any atom is 0.355 e. The van der Waals surface area contributed by atoms with Crippen molar-refractivity contribution in [2.75, 3.05) is 10.5 Å². The fourth-order valence-corrected chi connectivity index (χ4v) is 5.00. The third-order valence-corrected chi connectivity index (χ3v) is 7.35. The summed E-state index contributed by atoms with van der Waals surface area (Å²) in [5.41, 5.74) is 8.38. The molecule has 13 heteroatoms. The Bertz CT molecular complexity index is 1560. The van der Waals surface area contributed by atoms with E-state index >= 15 is 0 Å². The van der Waals surface area contributed by atoms with Crippen LogP contribution in [0.15, 0.2) is 48.7 Å². The Morgan fingerprint density at radius 2 is 1.78 bits per heavy atom. The van der Waals surface area contributed by atoms with Gasteiger partial charge in [-0.05, 0) is 73.2 Å². The first-order valence-corrected chi connectivity index (χ1v) is 13.7. The summed E-state index contributed by atoms with van der Waals surface area (Å²) in [5, 5.41) is 5.33. The molecule has 0 amide bonds. The van der Waals surface area contributed by atoms with Crippen LogP contribution in [0.25, 0.3) is 22.2 Å². The van der Waals surface area contributed by atoms with Crippen molar-refractivity contribution in [3.63, 3.8) is 0 Å². The minimum absolute atomic E-state index is 0.0158. The first-order valence-electron chi connectivity index (χ1n) is 11.1. The Morgan fingerprint density at radius 1 is 1.11 bits per heavy atom. The molecule has 0 fully saturated rings. The number of anilines is 2. The number of aromatic nitrogens is 3. The maximum absolute atomic E-state index is 13.4. The van der Waals surface area contributed by atoms with Crippen LogP contribution >= 0.6 is 22.6 Å². The Balaban J connectivity index is 1.87. The number of ether oxygens (including phenoxy) is 1. The lowest BCUT2D eigenvalue weighted by Gasteiger charge is -2.19. The standard InChI is InChI=1S/C24H23F3IN5O3S/c1-12(2)33-22-17(28)11-30-23(29)20(22)21(31-33)15-6-9-18(32-37(34,35)24(26)27)19(10-15)36-13(3)14-4-7-16(25)8-5-14/h4-13,24,32H,1-3H3,(H2,29,30). The number of rotatable bonds is 8. The van der Waals surface area contributed by atoms with Gasteiger partial charge in [-0.1, -0.05) is 18.2 Å². The van der Waals surface area contributed by atoms with Crippen molar-refractivity contribution in [1.82, 2.24) is 14.8 Å². The SMILES string of the molecule is CC(Oc1cc(-c2nn(C(C)C)c3c(I)cnc(N)c23)ccc1NS(=O)(=O)C(F)F)c1ccc(F)cc1. The van der Waals surface area contributed by atoms with Gasteiger partial charge in [0.05, 0.1) is 20.2 Å². The van der Waals surface area contributed by atoms with Gasteiger partial charge in [-0.3, -0.25) is 9.40 Å². The van der Waals surface area contributed by atoms with Gasteiger partial charge < -0.3 is 10.5 Å². The molecule has 3 N–H and O–H groups in total. The summed E-state index contributed by atoms with van der Waals surface area (Å²) in [5.74, 6) is -3.85. The van der Waals surface area contributed by atoms with Crippen LogP contribution < -0.4 is 15.2 Å². The smallest absolute Gasteiger partial charge is 0.355 e. The van der Waals surface area contributed by atoms with Gasteiger partial charge in [0.15, 0.2) is 0 Å². The van der Waals surface area contributed by atoms with Gasteiger partial charge in [0.2, 0.25) is 0 Å². The Labute approximate surface area is 225 Å². The van der Waals surface area contributed by atoms with Gasteiger partial charge in [-0.15, -0.1) is 0 Å². The fraction of sp³-hybridized carbons (Fsp3) is 0.250. The van der Waals surface area contributed by atoms with Crippen molar-refractivity contribution in [2.45, 2.75) is 38.7 Å². The molecular formula is C24H23F3IN5O3S. The molecule has 0 aliphatic rings. The van der Waals surface area contributed by atoms with Crippen LogP contribution in [-0.4, -0.2) is 28.9 Å². The van der Waals surface area contributed by atoms with Crippen LogP contribution in [-0.2, 0) is 10.0 Å². The predicted molar refractivity (Wildman–Crippen MR) is 144 cm³/mol. The number of hydrogen-bond acceptors (Lipinski definition) is 6. The zero-order chi connectivity index (χ0) is 27.1. The molecule has 0 spiro atoms. The average Bonchev–Trinajstić information content (AvgIpc) is 3.25. The van der Waals surface area contributed by atoms with E-state index in [-0.39, 0.29) is 23.3 Å². The Hall–Kier alpha value is -3.07. The Morgan fingerprint density at radius 3 is 2.41 bits per heavy atom. The quantitative estimate of drug-likeness (QED) is 0.224. The van der Waals surface area contributed by atoms with Crippen molar-refractivity contribution in [1.29, 1.82) is 0 Å². The zero-order valence-electron chi connectivity index (χ0n) is 19.9. The van der Waals surface area contributed by atoms with Gasteiger partial charge in [-0.2, -0.15) is 13.9 Å². The highest BCUT2D eigenvalue weighted by Gasteiger charge is 2.27. The van der Waals surface area contributed by atoms with Crippen molar-refractivity contribution >= 4 is 55.0 Å². The number of pyridine rings is 1. The third kappa shape index (κ3) is 5.46. The number of alkyl halides is 2. The van der Waals surface area contributed by atoms with E-state index < -0.39 is 27.7 Å². The number of nitrogens with zero attached hydrogens (tertiary/aromatic N) is 3. The van der Waals surface area contributed by atoms with Crippen molar-refractivity contribution in [3.8, 4) is 17.0 Å². The number of nitrogens with one attached hydrogen (secondary N) is 1. The lowest BCUT2D eigenvalue weighted by molar-refractivity contribution is 0.228. The zero-order valence-corrected chi connectivity index (χ0v) is 22.9. The average molecular weight is 645 g/mol. The fourth-order valence-electron chi connectivity index (χ4n) is 3.78. The van der Waals surface area contributed by atoms with Gasteiger partial charge in [0.25, 0.3) is 10.0 Å². The molecule has 2 aromatic heterocycles. The van der Waals surface area contributed by atoms with Gasteiger partial charge in [-0.25, -0.2) is 17.8 Å². The van der Waals surface area contributed by atoms with E-state index in [0.717, 1.165) is 9.09 Å². The first-order chi connectivity index (χ1) is 17.4. The van der Waals surface area contributed by atoms with E-state index in [9.17, 15) is 21.6 Å². The minimum Gasteiger partial charge on any atom is -0.484 e. The molecule has 8 nitrogen and oxygen atoms in total. The molecule has 37 heavy (non-hydrogen) atoms. The van der Waals surface area contributed by atoms with E-state index in [0.29, 0.717) is 22.2 Å². The number of benzene rings is 2. The number of fused-ring (bicyclic) bond motifs is 1. The van der Waals surface area contributed by atoms with Gasteiger partial charge in [0, 0.05) is 17.8 Å². The lowest BCUT2D eigenvalue weighted by Crippen LogP contribution is -2.21. The summed E-state index contributed by atoms with van der Waals surface area (Å²) < 4.78 is 74.0. The molecule has 2 aromatic carbocycles. The second kappa shape index (κ2) is 10.4. The molecule has 0 saturated heterocycles. The number of halogens is 4. The molecule has 196 valence electrons. The Kier molecular flexibility index (Phi) is 7.55. The van der Waals surface area contributed by atoms with E-state index in [4.69, 9.17) is 15.6 Å². The first kappa shape index (κ1) is 27.0. The normalized spacial score (nSPS) is 12.9. The predicted octanol–water partition coefficient (Wildman–Crippen LogP) is 6.11. The summed E-state index contributed by atoms with van der Waals surface area (Å²) in [6.07, 6.45) is 0.965. The summed E-state index contributed by atoms with van der Waals surface area (Å²) in [6, 6.07) is 9.87. The van der Waals surface area contributed by atoms with Crippen molar-refractivity contribution in [3.05, 3.63) is 63.6 Å². The molecule has 4 aromatic rings. The summed E-state index contributed by atoms with van der Waals surface area (Å²) in [7, 11) is -4.98. The highest BCUT2D eigenvalue weighted by molar-refractivity contribution is 14.1. The summed E-state index contributed by atoms with van der Waals surface area (Å²) >= 11 is 2.15. The largest absolute Gasteiger partial charge is 0.484 e. The second-order valence-corrected chi connectivity index (χ2v) is 11.3. The highest BCUT2D eigenvalue weighted by Crippen LogP contribution is 2.39. The van der Waals surface area contributed by atoms with Crippen LogP contribution in [0.2, 0.25) is 0 Å². The monoisotopic (exact) mass is 645 g/mol. The molecule has 0 aliphatic carbocycles. The lowest BCUT2D eigenvalue weighted by atomic mass is 10.1. The minimum atomic E-state index is -4.98. The molecule has 0 bridgehead atoms. The van der Waals surface area contributed by atoms with Crippen LogP contribution in [0.1, 0.15) is 38.5 Å². The summed E-state index contributed by atoms with van der Waals surface area (Å²) in [6.45, 7) is 5.59. The third-order valence-electron chi connectivity index (χ3n) is 5.58. The van der Waals surface area contributed by atoms with E-state index in [1.54, 1.807) is 17.8 Å². The molecule has 1 atom stereocenters. The second-order valence-electron chi connectivity index (χ2n) is 8.53. The molecular weight excluding hydrogens is 622 g/mol. The van der Waals surface area contributed by atoms with Crippen LogP contribution in [0.3, 0.4) is 0 Å². The van der Waals surface area contributed by atoms with Gasteiger partial charge >= 0.3 is 5.76 Å². The number of nitrogen functional groups attached to an aromatic ring is 1. The molecule has 4 rings (SSSR count). The molecule has 0 aliphatic heterocycles. The van der Waals surface area contributed by atoms with Crippen molar-refractivity contribution in [2.24, 2.45) is 0 Å². The van der Waals surface area contributed by atoms with E-state index in [2.05, 4.69) is 27.6 Å². The summed E-state index contributed by atoms with van der Waals surface area (Å²) in [4.78, 5) is 4.25. The molecule has 1 unspecified atom stereocenters. The van der Waals surface area contributed by atoms with Crippen LogP contribution in [0.4, 0.5) is 24.7 Å². The molecule has 2 heterocycles. The highest BCUT2D eigenvalue weighted by atomic mass is 127. The number of hydrogen-bond donors (Lipinski definition) is 2. The van der Waals surface area contributed by atoms with Crippen LogP contribution in [0.5, 0.6) is 5.75 Å². The van der Waals surface area contributed by atoms with Crippen molar-refractivity contribution < 1.29 is 26.3 Å². The number of nitrogens with two attached hydrogens (primary N) is 1. The van der Waals surface area contributed by atoms with Crippen LogP contribution in [0, 0.1) is 9.39 Å². The maximum atomic E-state index is 13.4. The molecule has 0 radical (unpaired) electrons. The van der Waals surface area contributed by atoms with E-state index in [1.807, 2.05) is 18.6 Å².